The van der Waals surface area contributed by atoms with E-state index in [1.54, 1.807) is 43.5 Å². The first-order valence-corrected chi connectivity index (χ1v) is 8.27. The van der Waals surface area contributed by atoms with Crippen LogP contribution in [0.15, 0.2) is 66.9 Å². The molecule has 0 aliphatic carbocycles. The lowest BCUT2D eigenvalue weighted by atomic mass is 10.1. The van der Waals surface area contributed by atoms with Gasteiger partial charge < -0.3 is 10.1 Å². The van der Waals surface area contributed by atoms with Gasteiger partial charge in [-0.3, -0.25) is 9.78 Å². The van der Waals surface area contributed by atoms with Gasteiger partial charge in [0, 0.05) is 28.9 Å². The number of carbonyl (C=O) groups excluding carboxylic acids is 2. The first-order valence-electron chi connectivity index (χ1n) is 8.27. The molecule has 1 N–H and O–H groups in total. The first-order chi connectivity index (χ1) is 12.7. The molecule has 0 atom stereocenters. The molecule has 0 radical (unpaired) electrons. The van der Waals surface area contributed by atoms with Crippen LogP contribution in [0.25, 0.3) is 17.0 Å². The molecule has 2 aromatic carbocycles. The van der Waals surface area contributed by atoms with Crippen molar-refractivity contribution in [2.45, 2.75) is 6.92 Å². The summed E-state index contributed by atoms with van der Waals surface area (Å²) in [6.45, 7) is 2.08. The fourth-order valence-electron chi connectivity index (χ4n) is 2.52. The Morgan fingerprint density at radius 1 is 1.08 bits per heavy atom. The highest BCUT2D eigenvalue weighted by atomic mass is 16.5. The molecule has 0 spiro atoms. The van der Waals surface area contributed by atoms with E-state index < -0.39 is 0 Å². The zero-order valence-corrected chi connectivity index (χ0v) is 14.3. The van der Waals surface area contributed by atoms with Crippen LogP contribution in [0.5, 0.6) is 0 Å². The number of ether oxygens (including phenoxy) is 1. The molecule has 1 amide bonds. The van der Waals surface area contributed by atoms with Crippen LogP contribution in [0.1, 0.15) is 22.8 Å². The summed E-state index contributed by atoms with van der Waals surface area (Å²) in [4.78, 5) is 28.1. The van der Waals surface area contributed by atoms with Gasteiger partial charge in [-0.05, 0) is 43.3 Å². The zero-order valence-electron chi connectivity index (χ0n) is 14.3. The number of pyridine rings is 1. The van der Waals surface area contributed by atoms with E-state index in [0.717, 1.165) is 16.5 Å². The van der Waals surface area contributed by atoms with Gasteiger partial charge in [0.05, 0.1) is 17.7 Å². The minimum absolute atomic E-state index is 0.262. The predicted molar refractivity (Wildman–Crippen MR) is 102 cm³/mol. The van der Waals surface area contributed by atoms with E-state index in [2.05, 4.69) is 10.3 Å². The van der Waals surface area contributed by atoms with Crippen molar-refractivity contribution in [1.82, 2.24) is 4.98 Å². The number of esters is 1. The second-order valence-electron chi connectivity index (χ2n) is 5.54. The normalized spacial score (nSPS) is 10.8. The Morgan fingerprint density at radius 2 is 1.85 bits per heavy atom. The molecule has 130 valence electrons. The first kappa shape index (κ1) is 17.4. The lowest BCUT2D eigenvalue weighted by Gasteiger charge is -2.05. The molecule has 0 saturated heterocycles. The van der Waals surface area contributed by atoms with E-state index in [4.69, 9.17) is 4.74 Å². The lowest BCUT2D eigenvalue weighted by molar-refractivity contribution is -0.111. The number of amides is 1. The third kappa shape index (κ3) is 4.13. The SMILES string of the molecule is CCOC(=O)c1ccc(NC(=O)/C=C/c2cccc3cccnc23)cc1. The highest BCUT2D eigenvalue weighted by Crippen LogP contribution is 2.17. The maximum absolute atomic E-state index is 12.1. The average molecular weight is 346 g/mol. The fourth-order valence-corrected chi connectivity index (χ4v) is 2.52. The Hall–Kier alpha value is -3.47. The number of anilines is 1. The largest absolute Gasteiger partial charge is 0.462 e. The number of nitrogens with one attached hydrogen (secondary N) is 1. The number of benzene rings is 2. The fraction of sp³-hybridized carbons (Fsp3) is 0.0952. The van der Waals surface area contributed by atoms with Gasteiger partial charge in [-0.25, -0.2) is 4.79 Å². The predicted octanol–water partition coefficient (Wildman–Crippen LogP) is 4.06. The number of aromatic nitrogens is 1. The molecule has 26 heavy (non-hydrogen) atoms. The van der Waals surface area contributed by atoms with Crippen molar-refractivity contribution in [2.75, 3.05) is 11.9 Å². The third-order valence-electron chi connectivity index (χ3n) is 3.74. The number of rotatable bonds is 5. The monoisotopic (exact) mass is 346 g/mol. The van der Waals surface area contributed by atoms with Crippen LogP contribution < -0.4 is 5.32 Å². The highest BCUT2D eigenvalue weighted by Gasteiger charge is 2.06. The zero-order chi connectivity index (χ0) is 18.4. The molecule has 3 aromatic rings. The molecule has 0 bridgehead atoms. The molecular formula is C21H18N2O3. The van der Waals surface area contributed by atoms with Crippen molar-refractivity contribution in [3.63, 3.8) is 0 Å². The number of hydrogen-bond acceptors (Lipinski definition) is 4. The van der Waals surface area contributed by atoms with E-state index >= 15 is 0 Å². The Labute approximate surface area is 151 Å². The molecule has 1 heterocycles. The van der Waals surface area contributed by atoms with Crippen molar-refractivity contribution in [3.8, 4) is 0 Å². The summed E-state index contributed by atoms with van der Waals surface area (Å²) < 4.78 is 4.93. The molecule has 5 nitrogen and oxygen atoms in total. The molecular weight excluding hydrogens is 328 g/mol. The van der Waals surface area contributed by atoms with Gasteiger partial charge >= 0.3 is 5.97 Å². The molecule has 3 rings (SSSR count). The van der Waals surface area contributed by atoms with Gasteiger partial charge in [0.15, 0.2) is 0 Å². The summed E-state index contributed by atoms with van der Waals surface area (Å²) in [5, 5.41) is 3.78. The van der Waals surface area contributed by atoms with Crippen molar-refractivity contribution < 1.29 is 14.3 Å². The summed E-state index contributed by atoms with van der Waals surface area (Å²) in [6.07, 6.45) is 4.92. The van der Waals surface area contributed by atoms with Gasteiger partial charge in [0.25, 0.3) is 0 Å². The Balaban J connectivity index is 1.68. The van der Waals surface area contributed by atoms with Crippen LogP contribution in [0, 0.1) is 0 Å². The van der Waals surface area contributed by atoms with Crippen molar-refractivity contribution in [2.24, 2.45) is 0 Å². The second-order valence-corrected chi connectivity index (χ2v) is 5.54. The van der Waals surface area contributed by atoms with Gasteiger partial charge in [0.2, 0.25) is 5.91 Å². The number of hydrogen-bond donors (Lipinski definition) is 1. The number of nitrogens with zero attached hydrogens (tertiary/aromatic N) is 1. The Morgan fingerprint density at radius 3 is 2.62 bits per heavy atom. The van der Waals surface area contributed by atoms with Gasteiger partial charge in [-0.15, -0.1) is 0 Å². The van der Waals surface area contributed by atoms with Gasteiger partial charge in [0.1, 0.15) is 0 Å². The third-order valence-corrected chi connectivity index (χ3v) is 3.74. The Kier molecular flexibility index (Phi) is 5.39. The number of para-hydroxylation sites is 1. The van der Waals surface area contributed by atoms with Crippen LogP contribution in [0.2, 0.25) is 0 Å². The van der Waals surface area contributed by atoms with E-state index in [9.17, 15) is 9.59 Å². The van der Waals surface area contributed by atoms with Gasteiger partial charge in [-0.2, -0.15) is 0 Å². The van der Waals surface area contributed by atoms with E-state index in [1.165, 1.54) is 6.08 Å². The van der Waals surface area contributed by atoms with E-state index in [1.807, 2.05) is 30.3 Å². The molecule has 0 unspecified atom stereocenters. The molecule has 1 aromatic heterocycles. The van der Waals surface area contributed by atoms with Crippen LogP contribution in [-0.4, -0.2) is 23.5 Å². The Bertz CT molecular complexity index is 957. The number of fused-ring (bicyclic) bond motifs is 1. The summed E-state index contributed by atoms with van der Waals surface area (Å²) in [5.41, 5.74) is 2.76. The van der Waals surface area contributed by atoms with E-state index in [-0.39, 0.29) is 11.9 Å². The highest BCUT2D eigenvalue weighted by molar-refractivity contribution is 6.03. The summed E-state index contributed by atoms with van der Waals surface area (Å²) in [6, 6.07) is 16.2. The molecule has 5 heteroatoms. The summed E-state index contributed by atoms with van der Waals surface area (Å²) in [5.74, 6) is -0.643. The quantitative estimate of drug-likeness (QED) is 0.559. The second kappa shape index (κ2) is 8.07. The van der Waals surface area contributed by atoms with Gasteiger partial charge in [-0.1, -0.05) is 24.3 Å². The molecule has 0 fully saturated rings. The van der Waals surface area contributed by atoms with Crippen molar-refractivity contribution >= 4 is 34.5 Å². The average Bonchev–Trinajstić information content (AvgIpc) is 2.67. The van der Waals surface area contributed by atoms with Crippen LogP contribution in [-0.2, 0) is 9.53 Å². The maximum atomic E-state index is 12.1. The minimum atomic E-state index is -0.381. The van der Waals surface area contributed by atoms with Crippen LogP contribution in [0.4, 0.5) is 5.69 Å². The molecule has 0 saturated carbocycles. The number of carbonyl (C=O) groups is 2. The summed E-state index contributed by atoms with van der Waals surface area (Å²) >= 11 is 0. The smallest absolute Gasteiger partial charge is 0.338 e. The van der Waals surface area contributed by atoms with Crippen molar-refractivity contribution in [3.05, 3.63) is 78.0 Å². The standard InChI is InChI=1S/C21H18N2O3/c1-2-26-21(25)17-8-11-18(12-9-17)23-19(24)13-10-16-6-3-5-15-7-4-14-22-20(15)16/h3-14H,2H2,1H3,(H,23,24)/b13-10+. The molecule has 0 aliphatic heterocycles. The van der Waals surface area contributed by atoms with Crippen LogP contribution in [0.3, 0.4) is 0 Å². The minimum Gasteiger partial charge on any atom is -0.462 e. The van der Waals surface area contributed by atoms with E-state index in [0.29, 0.717) is 17.9 Å². The topological polar surface area (TPSA) is 68.3 Å². The maximum Gasteiger partial charge on any atom is 0.338 e. The van der Waals surface area contributed by atoms with Crippen LogP contribution >= 0.6 is 0 Å². The summed E-state index contributed by atoms with van der Waals surface area (Å²) in [7, 11) is 0. The lowest BCUT2D eigenvalue weighted by Crippen LogP contribution is -2.08. The molecule has 0 aliphatic rings. The van der Waals surface area contributed by atoms with Crippen molar-refractivity contribution in [1.29, 1.82) is 0 Å².